The van der Waals surface area contributed by atoms with Crippen LogP contribution in [0.5, 0.6) is 0 Å². The van der Waals surface area contributed by atoms with Crippen LogP contribution in [-0.2, 0) is 16.7 Å². The first-order valence-electron chi connectivity index (χ1n) is 6.81. The molecule has 0 spiro atoms. The molecule has 20 heavy (non-hydrogen) atoms. The van der Waals surface area contributed by atoms with E-state index >= 15 is 0 Å². The molecule has 0 unspecified atom stereocenters. The Morgan fingerprint density at radius 1 is 1.15 bits per heavy atom. The summed E-state index contributed by atoms with van der Waals surface area (Å²) in [5.41, 5.74) is 4.97. The van der Waals surface area contributed by atoms with Crippen molar-refractivity contribution in [1.29, 1.82) is 0 Å². The number of nitrogens with zero attached hydrogens (tertiary/aromatic N) is 1. The Labute approximate surface area is 120 Å². The third kappa shape index (κ3) is 3.04. The molecule has 0 fully saturated rings. The summed E-state index contributed by atoms with van der Waals surface area (Å²) in [4.78, 5) is 0. The normalized spacial score (nSPS) is 12.2. The van der Waals surface area contributed by atoms with Gasteiger partial charge < -0.3 is 4.57 Å². The van der Waals surface area contributed by atoms with E-state index in [0.717, 1.165) is 13.0 Å². The third-order valence-electron chi connectivity index (χ3n) is 3.90. The fourth-order valence-corrected chi connectivity index (χ4v) is 3.34. The molecular weight excluding hydrogens is 274 g/mol. The van der Waals surface area contributed by atoms with E-state index in [9.17, 15) is 8.42 Å². The van der Waals surface area contributed by atoms with Crippen LogP contribution in [0.25, 0.3) is 10.9 Å². The fraction of sp³-hybridized carbons (Fsp3) is 0.467. The number of rotatable bonds is 5. The van der Waals surface area contributed by atoms with Crippen LogP contribution < -0.4 is 0 Å². The van der Waals surface area contributed by atoms with Gasteiger partial charge in [0.05, 0.1) is 5.75 Å². The van der Waals surface area contributed by atoms with Crippen molar-refractivity contribution in [3.63, 3.8) is 0 Å². The molecule has 2 aromatic rings. The van der Waals surface area contributed by atoms with Crippen molar-refractivity contribution in [3.05, 3.63) is 35.0 Å². The van der Waals surface area contributed by atoms with Gasteiger partial charge in [-0.3, -0.25) is 4.55 Å². The van der Waals surface area contributed by atoms with Crippen LogP contribution in [0.4, 0.5) is 0 Å². The second-order valence-corrected chi connectivity index (χ2v) is 6.90. The molecule has 0 amide bonds. The highest BCUT2D eigenvalue weighted by Crippen LogP contribution is 2.28. The van der Waals surface area contributed by atoms with Gasteiger partial charge in [-0.05, 0) is 50.8 Å². The molecule has 0 saturated carbocycles. The molecule has 1 aromatic heterocycles. The molecule has 0 aliphatic carbocycles. The molecule has 0 atom stereocenters. The number of hydrogen-bond donors (Lipinski definition) is 1. The van der Waals surface area contributed by atoms with Gasteiger partial charge >= 0.3 is 0 Å². The average molecular weight is 295 g/mol. The zero-order valence-corrected chi connectivity index (χ0v) is 13.0. The molecule has 110 valence electrons. The molecular formula is C15H21NO3S. The fourth-order valence-electron chi connectivity index (χ4n) is 2.77. The first-order valence-corrected chi connectivity index (χ1v) is 8.42. The minimum absolute atomic E-state index is 0.163. The smallest absolute Gasteiger partial charge is 0.264 e. The van der Waals surface area contributed by atoms with Crippen molar-refractivity contribution in [1.82, 2.24) is 4.57 Å². The van der Waals surface area contributed by atoms with Crippen molar-refractivity contribution < 1.29 is 13.0 Å². The van der Waals surface area contributed by atoms with E-state index in [1.165, 1.54) is 27.7 Å². The highest BCUT2D eigenvalue weighted by molar-refractivity contribution is 7.85. The maximum absolute atomic E-state index is 10.7. The second kappa shape index (κ2) is 5.58. The van der Waals surface area contributed by atoms with Crippen LogP contribution in [0, 0.1) is 20.8 Å². The van der Waals surface area contributed by atoms with Crippen LogP contribution >= 0.6 is 0 Å². The lowest BCUT2D eigenvalue weighted by molar-refractivity contribution is 0.478. The summed E-state index contributed by atoms with van der Waals surface area (Å²) < 4.78 is 32.4. The summed E-state index contributed by atoms with van der Waals surface area (Å²) in [6.07, 6.45) is 1.21. The number of benzene rings is 1. The van der Waals surface area contributed by atoms with Gasteiger partial charge in [0.15, 0.2) is 0 Å². The number of fused-ring (bicyclic) bond motifs is 1. The molecule has 0 bridgehead atoms. The molecule has 2 rings (SSSR count). The van der Waals surface area contributed by atoms with Gasteiger partial charge in [0.1, 0.15) is 0 Å². The van der Waals surface area contributed by atoms with Crippen LogP contribution in [0.3, 0.4) is 0 Å². The summed E-state index contributed by atoms with van der Waals surface area (Å²) in [6, 6.07) is 6.26. The van der Waals surface area contributed by atoms with E-state index in [1.54, 1.807) is 0 Å². The third-order valence-corrected chi connectivity index (χ3v) is 4.70. The van der Waals surface area contributed by atoms with E-state index in [0.29, 0.717) is 6.42 Å². The predicted octanol–water partition coefficient (Wildman–Crippen LogP) is 3.23. The number of unbranched alkanes of at least 4 members (excludes halogenated alkanes) is 1. The number of aromatic nitrogens is 1. The molecule has 1 N–H and O–H groups in total. The van der Waals surface area contributed by atoms with Crippen LogP contribution in [0.1, 0.15) is 29.7 Å². The summed E-state index contributed by atoms with van der Waals surface area (Å²) in [6.45, 7) is 7.10. The lowest BCUT2D eigenvalue weighted by atomic mass is 10.1. The molecule has 1 heterocycles. The van der Waals surface area contributed by atoms with Gasteiger partial charge in [-0.25, -0.2) is 0 Å². The highest BCUT2D eigenvalue weighted by Gasteiger charge is 2.12. The summed E-state index contributed by atoms with van der Waals surface area (Å²) in [7, 11) is -3.84. The summed E-state index contributed by atoms with van der Waals surface area (Å²) >= 11 is 0. The van der Waals surface area contributed by atoms with Gasteiger partial charge in [0.2, 0.25) is 0 Å². The summed E-state index contributed by atoms with van der Waals surface area (Å²) in [5, 5.41) is 1.29. The Balaban J connectivity index is 2.23. The van der Waals surface area contributed by atoms with E-state index in [2.05, 4.69) is 37.5 Å². The van der Waals surface area contributed by atoms with Gasteiger partial charge in [0.25, 0.3) is 10.1 Å². The lowest BCUT2D eigenvalue weighted by Gasteiger charge is -2.08. The predicted molar refractivity (Wildman–Crippen MR) is 81.8 cm³/mol. The first-order chi connectivity index (χ1) is 9.31. The molecule has 0 saturated heterocycles. The van der Waals surface area contributed by atoms with Crippen molar-refractivity contribution in [2.24, 2.45) is 0 Å². The summed E-state index contributed by atoms with van der Waals surface area (Å²) in [5.74, 6) is -0.163. The van der Waals surface area contributed by atoms with Crippen molar-refractivity contribution in [3.8, 4) is 0 Å². The van der Waals surface area contributed by atoms with E-state index in [1.807, 2.05) is 6.07 Å². The number of aryl methyl sites for hydroxylation is 3. The van der Waals surface area contributed by atoms with E-state index in [-0.39, 0.29) is 5.75 Å². The molecule has 4 nitrogen and oxygen atoms in total. The Morgan fingerprint density at radius 3 is 2.50 bits per heavy atom. The quantitative estimate of drug-likeness (QED) is 0.680. The molecule has 1 aromatic carbocycles. The minimum Gasteiger partial charge on any atom is -0.345 e. The highest BCUT2D eigenvalue weighted by atomic mass is 32.2. The monoisotopic (exact) mass is 295 g/mol. The zero-order chi connectivity index (χ0) is 14.9. The van der Waals surface area contributed by atoms with Crippen LogP contribution in [0.2, 0.25) is 0 Å². The van der Waals surface area contributed by atoms with Crippen molar-refractivity contribution in [2.45, 2.75) is 40.2 Å². The zero-order valence-electron chi connectivity index (χ0n) is 12.2. The van der Waals surface area contributed by atoms with Gasteiger partial charge in [-0.1, -0.05) is 12.1 Å². The standard InChI is InChI=1S/C15H21NO3S/c1-11-7-6-8-14-15(11)12(2)13(3)16(14)9-4-5-10-20(17,18)19/h6-8H,4-5,9-10H2,1-3H3,(H,17,18,19). The average Bonchev–Trinajstić information content (AvgIpc) is 2.59. The minimum atomic E-state index is -3.84. The second-order valence-electron chi connectivity index (χ2n) is 5.32. The Hall–Kier alpha value is -1.33. The Bertz CT molecular complexity index is 729. The number of hydrogen-bond acceptors (Lipinski definition) is 2. The maximum atomic E-state index is 10.7. The SMILES string of the molecule is Cc1cccc2c1c(C)c(C)n2CCCCS(=O)(=O)O. The lowest BCUT2D eigenvalue weighted by Crippen LogP contribution is -2.06. The molecule has 0 aliphatic rings. The first kappa shape index (κ1) is 15.1. The largest absolute Gasteiger partial charge is 0.345 e. The van der Waals surface area contributed by atoms with Crippen molar-refractivity contribution in [2.75, 3.05) is 5.75 Å². The molecule has 0 aliphatic heterocycles. The van der Waals surface area contributed by atoms with Crippen molar-refractivity contribution >= 4 is 21.0 Å². The topological polar surface area (TPSA) is 59.3 Å². The Kier molecular flexibility index (Phi) is 4.20. The van der Waals surface area contributed by atoms with Crippen LogP contribution in [0.15, 0.2) is 18.2 Å². The molecule has 5 heteroatoms. The van der Waals surface area contributed by atoms with Gasteiger partial charge in [-0.15, -0.1) is 0 Å². The molecule has 0 radical (unpaired) electrons. The Morgan fingerprint density at radius 2 is 1.85 bits per heavy atom. The maximum Gasteiger partial charge on any atom is 0.264 e. The van der Waals surface area contributed by atoms with E-state index < -0.39 is 10.1 Å². The van der Waals surface area contributed by atoms with E-state index in [4.69, 9.17) is 4.55 Å². The van der Waals surface area contributed by atoms with Gasteiger partial charge in [-0.2, -0.15) is 8.42 Å². The van der Waals surface area contributed by atoms with Gasteiger partial charge in [0, 0.05) is 23.1 Å². The van der Waals surface area contributed by atoms with Crippen LogP contribution in [-0.4, -0.2) is 23.3 Å².